The van der Waals surface area contributed by atoms with Crippen molar-refractivity contribution in [2.45, 2.75) is 52.2 Å². The highest BCUT2D eigenvalue weighted by Gasteiger charge is 2.08. The summed E-state index contributed by atoms with van der Waals surface area (Å²) in [4.78, 5) is 11.2. The molecule has 0 radical (unpaired) electrons. The maximum absolute atomic E-state index is 11.2. The maximum Gasteiger partial charge on any atom is 0.305 e. The van der Waals surface area contributed by atoms with Crippen molar-refractivity contribution in [1.29, 1.82) is 0 Å². The zero-order valence-electron chi connectivity index (χ0n) is 12.6. The summed E-state index contributed by atoms with van der Waals surface area (Å²) < 4.78 is 10.5. The minimum Gasteiger partial charge on any atom is -0.491 e. The smallest absolute Gasteiger partial charge is 0.305 e. The molecular weight excluding hydrogens is 254 g/mol. The fourth-order valence-corrected chi connectivity index (χ4v) is 1.93. The van der Waals surface area contributed by atoms with Crippen LogP contribution in [0.4, 0.5) is 0 Å². The number of hydrogen-bond donors (Lipinski definition) is 1. The second kappa shape index (κ2) is 8.59. The van der Waals surface area contributed by atoms with Gasteiger partial charge >= 0.3 is 5.97 Å². The predicted octanol–water partition coefficient (Wildman–Crippen LogP) is 3.21. The lowest BCUT2D eigenvalue weighted by Crippen LogP contribution is -2.12. The molecule has 0 amide bonds. The average molecular weight is 279 g/mol. The second-order valence-corrected chi connectivity index (χ2v) is 5.04. The Morgan fingerprint density at radius 2 is 1.90 bits per heavy atom. The van der Waals surface area contributed by atoms with Crippen LogP contribution < -0.4 is 10.5 Å². The molecule has 0 saturated carbocycles. The molecule has 2 N–H and O–H groups in total. The van der Waals surface area contributed by atoms with Crippen molar-refractivity contribution in [1.82, 2.24) is 0 Å². The molecule has 1 aromatic carbocycles. The molecule has 1 aromatic rings. The van der Waals surface area contributed by atoms with Crippen molar-refractivity contribution in [3.63, 3.8) is 0 Å². The summed E-state index contributed by atoms with van der Waals surface area (Å²) in [6.07, 6.45) is 2.10. The largest absolute Gasteiger partial charge is 0.491 e. The van der Waals surface area contributed by atoms with E-state index in [1.54, 1.807) is 0 Å². The van der Waals surface area contributed by atoms with Crippen molar-refractivity contribution >= 4 is 5.97 Å². The third-order valence-corrected chi connectivity index (χ3v) is 2.88. The molecule has 4 heteroatoms. The molecule has 0 saturated heterocycles. The van der Waals surface area contributed by atoms with Gasteiger partial charge in [0, 0.05) is 12.5 Å². The van der Waals surface area contributed by atoms with E-state index in [0.717, 1.165) is 24.2 Å². The summed E-state index contributed by atoms with van der Waals surface area (Å²) in [7, 11) is 0. The van der Waals surface area contributed by atoms with E-state index in [1.165, 1.54) is 0 Å². The summed E-state index contributed by atoms with van der Waals surface area (Å²) >= 11 is 0. The quantitative estimate of drug-likeness (QED) is 0.742. The summed E-state index contributed by atoms with van der Waals surface area (Å²) in [5.74, 6) is 0.697. The van der Waals surface area contributed by atoms with Gasteiger partial charge in [-0.2, -0.15) is 0 Å². The Balaban J connectivity index is 2.39. The molecule has 0 bridgehead atoms. The SMILES string of the molecule is CCOC(=O)CCCC(N)c1ccc(OC(C)C)cc1. The van der Waals surface area contributed by atoms with Crippen molar-refractivity contribution in [2.24, 2.45) is 5.73 Å². The van der Waals surface area contributed by atoms with Crippen LogP contribution in [0.15, 0.2) is 24.3 Å². The van der Waals surface area contributed by atoms with Gasteiger partial charge in [0.05, 0.1) is 12.7 Å². The van der Waals surface area contributed by atoms with E-state index in [9.17, 15) is 4.79 Å². The van der Waals surface area contributed by atoms with Crippen LogP contribution in [0.1, 0.15) is 51.6 Å². The minimum atomic E-state index is -0.152. The van der Waals surface area contributed by atoms with Crippen molar-refractivity contribution in [3.05, 3.63) is 29.8 Å². The Morgan fingerprint density at radius 3 is 2.45 bits per heavy atom. The summed E-state index contributed by atoms with van der Waals surface area (Å²) in [6, 6.07) is 7.76. The van der Waals surface area contributed by atoms with Gasteiger partial charge in [0.2, 0.25) is 0 Å². The van der Waals surface area contributed by atoms with Gasteiger partial charge in [-0.15, -0.1) is 0 Å². The molecule has 0 aliphatic heterocycles. The van der Waals surface area contributed by atoms with E-state index in [-0.39, 0.29) is 18.1 Å². The van der Waals surface area contributed by atoms with Crippen LogP contribution in [0.25, 0.3) is 0 Å². The number of benzene rings is 1. The third-order valence-electron chi connectivity index (χ3n) is 2.88. The van der Waals surface area contributed by atoms with Crippen LogP contribution in [-0.2, 0) is 9.53 Å². The summed E-state index contributed by atoms with van der Waals surface area (Å²) in [5, 5.41) is 0. The first kappa shape index (κ1) is 16.5. The van der Waals surface area contributed by atoms with Crippen molar-refractivity contribution < 1.29 is 14.3 Å². The third kappa shape index (κ3) is 6.06. The Kier molecular flexibility index (Phi) is 7.09. The fraction of sp³-hybridized carbons (Fsp3) is 0.562. The van der Waals surface area contributed by atoms with Crippen LogP contribution in [-0.4, -0.2) is 18.7 Å². The Hall–Kier alpha value is -1.55. The molecule has 20 heavy (non-hydrogen) atoms. The first-order valence-electron chi connectivity index (χ1n) is 7.20. The van der Waals surface area contributed by atoms with Crippen LogP contribution >= 0.6 is 0 Å². The first-order valence-corrected chi connectivity index (χ1v) is 7.20. The zero-order chi connectivity index (χ0) is 15.0. The lowest BCUT2D eigenvalue weighted by molar-refractivity contribution is -0.143. The molecular formula is C16H25NO3. The molecule has 0 spiro atoms. The molecule has 1 rings (SSSR count). The first-order chi connectivity index (χ1) is 9.52. The van der Waals surface area contributed by atoms with Crippen LogP contribution in [0.5, 0.6) is 5.75 Å². The van der Waals surface area contributed by atoms with Crippen LogP contribution in [0, 0.1) is 0 Å². The molecule has 1 atom stereocenters. The standard InChI is InChI=1S/C16H25NO3/c1-4-19-16(18)7-5-6-15(17)13-8-10-14(11-9-13)20-12(2)3/h8-12,15H,4-7,17H2,1-3H3. The number of ether oxygens (including phenoxy) is 2. The van der Waals surface area contributed by atoms with Gasteiger partial charge in [-0.3, -0.25) is 4.79 Å². The molecule has 112 valence electrons. The zero-order valence-corrected chi connectivity index (χ0v) is 12.6. The molecule has 1 unspecified atom stereocenters. The highest BCUT2D eigenvalue weighted by molar-refractivity contribution is 5.69. The maximum atomic E-state index is 11.2. The van der Waals surface area contributed by atoms with Gasteiger partial charge in [-0.25, -0.2) is 0 Å². The number of rotatable bonds is 8. The number of esters is 1. The minimum absolute atomic E-state index is 0.0578. The van der Waals surface area contributed by atoms with E-state index in [1.807, 2.05) is 45.0 Å². The topological polar surface area (TPSA) is 61.5 Å². The molecule has 0 heterocycles. The Labute approximate surface area is 121 Å². The normalized spacial score (nSPS) is 12.2. The number of carbonyl (C=O) groups excluding carboxylic acids is 1. The van der Waals surface area contributed by atoms with Gasteiger partial charge < -0.3 is 15.2 Å². The molecule has 0 aliphatic carbocycles. The number of hydrogen-bond acceptors (Lipinski definition) is 4. The Bertz CT molecular complexity index is 401. The lowest BCUT2D eigenvalue weighted by atomic mass is 10.0. The van der Waals surface area contributed by atoms with Crippen LogP contribution in [0.2, 0.25) is 0 Å². The predicted molar refractivity (Wildman–Crippen MR) is 79.6 cm³/mol. The molecule has 0 aliphatic rings. The van der Waals surface area contributed by atoms with Gasteiger partial charge in [0.15, 0.2) is 0 Å². The van der Waals surface area contributed by atoms with E-state index < -0.39 is 0 Å². The number of carbonyl (C=O) groups is 1. The van der Waals surface area contributed by atoms with Gasteiger partial charge in [0.25, 0.3) is 0 Å². The van der Waals surface area contributed by atoms with E-state index >= 15 is 0 Å². The van der Waals surface area contributed by atoms with Gasteiger partial charge in [0.1, 0.15) is 5.75 Å². The number of nitrogens with two attached hydrogens (primary N) is 1. The summed E-state index contributed by atoms with van der Waals surface area (Å²) in [6.45, 7) is 6.23. The van der Waals surface area contributed by atoms with E-state index in [0.29, 0.717) is 13.0 Å². The van der Waals surface area contributed by atoms with E-state index in [2.05, 4.69) is 0 Å². The van der Waals surface area contributed by atoms with Gasteiger partial charge in [-0.05, 0) is 51.3 Å². The monoisotopic (exact) mass is 279 g/mol. The van der Waals surface area contributed by atoms with E-state index in [4.69, 9.17) is 15.2 Å². The molecule has 0 aromatic heterocycles. The lowest BCUT2D eigenvalue weighted by Gasteiger charge is -2.14. The van der Waals surface area contributed by atoms with Crippen molar-refractivity contribution in [3.8, 4) is 5.75 Å². The Morgan fingerprint density at radius 1 is 1.25 bits per heavy atom. The van der Waals surface area contributed by atoms with Crippen molar-refractivity contribution in [2.75, 3.05) is 6.61 Å². The molecule has 4 nitrogen and oxygen atoms in total. The molecule has 0 fully saturated rings. The van der Waals surface area contributed by atoms with Gasteiger partial charge in [-0.1, -0.05) is 12.1 Å². The van der Waals surface area contributed by atoms with Crippen LogP contribution in [0.3, 0.4) is 0 Å². The highest BCUT2D eigenvalue weighted by atomic mass is 16.5. The fourth-order valence-electron chi connectivity index (χ4n) is 1.93. The summed E-state index contributed by atoms with van der Waals surface area (Å²) in [5.41, 5.74) is 7.17. The second-order valence-electron chi connectivity index (χ2n) is 5.04. The highest BCUT2D eigenvalue weighted by Crippen LogP contribution is 2.20. The average Bonchev–Trinajstić information content (AvgIpc) is 2.39.